The average Bonchev–Trinajstić information content (AvgIpc) is 3.06. The second-order valence-corrected chi connectivity index (χ2v) is 6.52. The first-order valence-corrected chi connectivity index (χ1v) is 8.22. The fourth-order valence-electron chi connectivity index (χ4n) is 2.38. The molecule has 0 fully saturated rings. The molecule has 3 aromatic rings. The smallest absolute Gasteiger partial charge is 0.255 e. The van der Waals surface area contributed by atoms with E-state index < -0.39 is 0 Å². The summed E-state index contributed by atoms with van der Waals surface area (Å²) in [4.78, 5) is 22.3. The Bertz CT molecular complexity index is 880. The van der Waals surface area contributed by atoms with E-state index in [1.165, 1.54) is 0 Å². The van der Waals surface area contributed by atoms with Gasteiger partial charge in [-0.05, 0) is 24.4 Å². The van der Waals surface area contributed by atoms with Crippen molar-refractivity contribution >= 4 is 40.7 Å². The lowest BCUT2D eigenvalue weighted by molar-refractivity contribution is 0.281. The highest BCUT2D eigenvalue weighted by molar-refractivity contribution is 7.09. The molecule has 0 saturated carbocycles. The Morgan fingerprint density at radius 1 is 1.46 bits per heavy atom. The zero-order chi connectivity index (χ0) is 16.4. The van der Waals surface area contributed by atoms with Gasteiger partial charge in [-0.2, -0.15) is 4.98 Å². The van der Waals surface area contributed by atoms with Crippen molar-refractivity contribution in [2.75, 3.05) is 11.9 Å². The molecule has 8 heteroatoms. The third kappa shape index (κ3) is 3.75. The Labute approximate surface area is 149 Å². The second-order valence-electron chi connectivity index (χ2n) is 5.49. The molecule has 0 aliphatic carbocycles. The molecule has 3 aromatic heterocycles. The Morgan fingerprint density at radius 2 is 2.25 bits per heavy atom. The number of halogens is 1. The largest absolute Gasteiger partial charge is 0.394 e. The summed E-state index contributed by atoms with van der Waals surface area (Å²) in [6, 6.07) is 5.71. The van der Waals surface area contributed by atoms with Gasteiger partial charge in [0.2, 0.25) is 5.95 Å². The molecule has 0 saturated heterocycles. The number of fused-ring (bicyclic) bond motifs is 1. The fraction of sp³-hybridized carbons (Fsp3) is 0.312. The minimum atomic E-state index is -0.150. The van der Waals surface area contributed by atoms with Gasteiger partial charge in [0.1, 0.15) is 5.65 Å². The van der Waals surface area contributed by atoms with Crippen LogP contribution in [0.1, 0.15) is 17.4 Å². The van der Waals surface area contributed by atoms with E-state index in [1.54, 1.807) is 29.1 Å². The lowest BCUT2D eigenvalue weighted by atomic mass is 10.1. The van der Waals surface area contributed by atoms with Gasteiger partial charge in [-0.25, -0.2) is 4.98 Å². The minimum Gasteiger partial charge on any atom is -0.394 e. The molecule has 1 unspecified atom stereocenters. The van der Waals surface area contributed by atoms with E-state index in [9.17, 15) is 4.79 Å². The number of aliphatic hydroxyl groups is 1. The summed E-state index contributed by atoms with van der Waals surface area (Å²) in [6.45, 7) is 1.82. The van der Waals surface area contributed by atoms with Crippen LogP contribution in [0.2, 0.25) is 0 Å². The van der Waals surface area contributed by atoms with Crippen LogP contribution in [0.25, 0.3) is 11.0 Å². The maximum atomic E-state index is 12.5. The van der Waals surface area contributed by atoms with E-state index in [0.717, 1.165) is 15.8 Å². The maximum Gasteiger partial charge on any atom is 0.255 e. The second kappa shape index (κ2) is 7.74. The third-order valence-corrected chi connectivity index (χ3v) is 4.49. The third-order valence-electron chi connectivity index (χ3n) is 3.62. The highest BCUT2D eigenvalue weighted by Gasteiger charge is 2.11. The van der Waals surface area contributed by atoms with E-state index in [4.69, 9.17) is 5.11 Å². The molecule has 0 aromatic carbocycles. The summed E-state index contributed by atoms with van der Waals surface area (Å²) < 4.78 is 1.55. The molecule has 1 atom stereocenters. The maximum absolute atomic E-state index is 12.5. The average molecular weight is 367 g/mol. The molecular formula is C16H19ClN4O2S. The number of aliphatic hydroxyl groups excluding tert-OH is 1. The van der Waals surface area contributed by atoms with Crippen LogP contribution < -0.4 is 10.9 Å². The number of anilines is 1. The Balaban J connectivity index is 0.00000208. The number of nitrogens with one attached hydrogen (secondary N) is 1. The van der Waals surface area contributed by atoms with Crippen LogP contribution in [0.15, 0.2) is 34.6 Å². The SMILES string of the molecule is CC(CO)Nc1ncc2cc(Cc3cccs3)c(=O)n(C)c2n1.Cl. The van der Waals surface area contributed by atoms with Gasteiger partial charge in [-0.3, -0.25) is 9.36 Å². The Kier molecular flexibility index (Phi) is 5.93. The van der Waals surface area contributed by atoms with Crippen LogP contribution in [-0.2, 0) is 13.5 Å². The van der Waals surface area contributed by atoms with E-state index in [-0.39, 0.29) is 30.6 Å². The summed E-state index contributed by atoms with van der Waals surface area (Å²) >= 11 is 1.64. The Morgan fingerprint density at radius 3 is 2.92 bits per heavy atom. The monoisotopic (exact) mass is 366 g/mol. The van der Waals surface area contributed by atoms with Gasteiger partial charge >= 0.3 is 0 Å². The Hall–Kier alpha value is -1.96. The van der Waals surface area contributed by atoms with Gasteiger partial charge in [0.15, 0.2) is 0 Å². The van der Waals surface area contributed by atoms with E-state index in [0.29, 0.717) is 18.0 Å². The highest BCUT2D eigenvalue weighted by Crippen LogP contribution is 2.17. The van der Waals surface area contributed by atoms with E-state index in [1.807, 2.05) is 30.5 Å². The zero-order valence-electron chi connectivity index (χ0n) is 13.4. The lowest BCUT2D eigenvalue weighted by Crippen LogP contribution is -2.24. The first kappa shape index (κ1) is 18.4. The van der Waals surface area contributed by atoms with Gasteiger partial charge in [0.25, 0.3) is 5.56 Å². The van der Waals surface area contributed by atoms with Crippen molar-refractivity contribution in [1.29, 1.82) is 0 Å². The van der Waals surface area contributed by atoms with Crippen LogP contribution in [0.4, 0.5) is 5.95 Å². The molecule has 6 nitrogen and oxygen atoms in total. The fourth-order valence-corrected chi connectivity index (χ4v) is 3.10. The molecule has 0 spiro atoms. The standard InChI is InChI=1S/C16H18N4O2S.ClH/c1-10(9-21)18-16-17-8-12-6-11(7-13-4-3-5-23-13)15(22)20(2)14(12)19-16;/h3-6,8,10,21H,7,9H2,1-2H3,(H,17,18,19);1H. The van der Waals surface area contributed by atoms with E-state index >= 15 is 0 Å². The highest BCUT2D eigenvalue weighted by atomic mass is 35.5. The summed E-state index contributed by atoms with van der Waals surface area (Å²) in [7, 11) is 1.72. The minimum absolute atomic E-state index is 0. The van der Waals surface area contributed by atoms with Crippen molar-refractivity contribution in [3.05, 3.63) is 50.6 Å². The van der Waals surface area contributed by atoms with Crippen molar-refractivity contribution in [2.24, 2.45) is 7.05 Å². The number of thiophene rings is 1. The quantitative estimate of drug-likeness (QED) is 0.723. The van der Waals surface area contributed by atoms with Crippen LogP contribution in [0, 0.1) is 0 Å². The van der Waals surface area contributed by atoms with Crippen molar-refractivity contribution in [2.45, 2.75) is 19.4 Å². The van der Waals surface area contributed by atoms with Gasteiger partial charge in [-0.1, -0.05) is 6.07 Å². The molecule has 3 rings (SSSR count). The predicted molar refractivity (Wildman–Crippen MR) is 99.3 cm³/mol. The molecule has 0 amide bonds. The number of aromatic nitrogens is 3. The van der Waals surface area contributed by atoms with Crippen molar-refractivity contribution in [1.82, 2.24) is 14.5 Å². The van der Waals surface area contributed by atoms with Crippen LogP contribution in [0.5, 0.6) is 0 Å². The predicted octanol–water partition coefficient (Wildman–Crippen LogP) is 2.20. The lowest BCUT2D eigenvalue weighted by Gasteiger charge is -2.12. The molecule has 24 heavy (non-hydrogen) atoms. The number of aryl methyl sites for hydroxylation is 1. The van der Waals surface area contributed by atoms with Gasteiger partial charge in [0.05, 0.1) is 6.61 Å². The molecule has 0 radical (unpaired) electrons. The van der Waals surface area contributed by atoms with Gasteiger partial charge in [-0.15, -0.1) is 23.7 Å². The molecule has 3 heterocycles. The summed E-state index contributed by atoms with van der Waals surface area (Å²) in [5.74, 6) is 0.403. The summed E-state index contributed by atoms with van der Waals surface area (Å²) in [5, 5.41) is 14.9. The topological polar surface area (TPSA) is 80.0 Å². The summed E-state index contributed by atoms with van der Waals surface area (Å²) in [6.07, 6.45) is 2.31. The molecule has 0 aliphatic rings. The number of nitrogens with zero attached hydrogens (tertiary/aromatic N) is 3. The number of rotatable bonds is 5. The molecule has 2 N–H and O–H groups in total. The molecule has 0 aliphatic heterocycles. The molecule has 128 valence electrons. The molecule has 0 bridgehead atoms. The number of pyridine rings is 1. The summed E-state index contributed by atoms with van der Waals surface area (Å²) in [5.41, 5.74) is 1.26. The van der Waals surface area contributed by atoms with Gasteiger partial charge in [0, 0.05) is 41.5 Å². The molecular weight excluding hydrogens is 348 g/mol. The van der Waals surface area contributed by atoms with Crippen LogP contribution >= 0.6 is 23.7 Å². The van der Waals surface area contributed by atoms with Crippen LogP contribution in [-0.4, -0.2) is 32.3 Å². The van der Waals surface area contributed by atoms with Crippen molar-refractivity contribution < 1.29 is 5.11 Å². The van der Waals surface area contributed by atoms with Crippen molar-refractivity contribution in [3.63, 3.8) is 0 Å². The first-order valence-electron chi connectivity index (χ1n) is 7.34. The zero-order valence-corrected chi connectivity index (χ0v) is 15.0. The van der Waals surface area contributed by atoms with E-state index in [2.05, 4.69) is 15.3 Å². The number of hydrogen-bond donors (Lipinski definition) is 2. The van der Waals surface area contributed by atoms with Crippen molar-refractivity contribution in [3.8, 4) is 0 Å². The number of hydrogen-bond acceptors (Lipinski definition) is 6. The van der Waals surface area contributed by atoms with Crippen LogP contribution in [0.3, 0.4) is 0 Å². The normalized spacial score (nSPS) is 12.0. The first-order chi connectivity index (χ1) is 11.1. The van der Waals surface area contributed by atoms with Gasteiger partial charge < -0.3 is 10.4 Å².